The number of halogens is 2. The lowest BCUT2D eigenvalue weighted by molar-refractivity contribution is -0.0189. The zero-order valence-electron chi connectivity index (χ0n) is 21.9. The van der Waals surface area contributed by atoms with Crippen molar-refractivity contribution < 1.29 is 18.9 Å². The first kappa shape index (κ1) is 26.5. The van der Waals surface area contributed by atoms with Gasteiger partial charge in [0.25, 0.3) is 0 Å². The van der Waals surface area contributed by atoms with Crippen LogP contribution in [-0.2, 0) is 0 Å². The largest absolute Gasteiger partial charge is 0.494 e. The number of hydrogen-bond acceptors (Lipinski definition) is 6. The van der Waals surface area contributed by atoms with Crippen LogP contribution in [0.15, 0.2) is 59.7 Å². The molecule has 2 aliphatic rings. The van der Waals surface area contributed by atoms with E-state index in [1.165, 1.54) is 19.3 Å². The van der Waals surface area contributed by atoms with Crippen LogP contribution in [0.25, 0.3) is 0 Å². The highest BCUT2D eigenvalue weighted by molar-refractivity contribution is 6.35. The molecule has 0 spiro atoms. The molecule has 0 fully saturated rings. The van der Waals surface area contributed by atoms with Crippen LogP contribution in [0.3, 0.4) is 0 Å². The molecule has 2 heterocycles. The Balaban J connectivity index is 1.45. The van der Waals surface area contributed by atoms with E-state index in [0.717, 1.165) is 41.2 Å². The summed E-state index contributed by atoms with van der Waals surface area (Å²) >= 11 is 13.0. The molecule has 3 aromatic rings. The third kappa shape index (κ3) is 5.38. The second kappa shape index (κ2) is 11.7. The van der Waals surface area contributed by atoms with Crippen molar-refractivity contribution in [2.24, 2.45) is 5.10 Å². The molecule has 200 valence electrons. The van der Waals surface area contributed by atoms with Gasteiger partial charge in [0.05, 0.1) is 37.6 Å². The highest BCUT2D eigenvalue weighted by Gasteiger charge is 2.42. The molecule has 0 aliphatic carbocycles. The van der Waals surface area contributed by atoms with Gasteiger partial charge in [0.1, 0.15) is 11.5 Å². The van der Waals surface area contributed by atoms with Crippen molar-refractivity contribution in [1.29, 1.82) is 0 Å². The number of hydrogen-bond donors (Lipinski definition) is 0. The minimum atomic E-state index is -0.456. The lowest BCUT2D eigenvalue weighted by atomic mass is 9.95. The van der Waals surface area contributed by atoms with Gasteiger partial charge in [-0.1, -0.05) is 49.4 Å². The van der Waals surface area contributed by atoms with E-state index in [1.54, 1.807) is 20.3 Å². The summed E-state index contributed by atoms with van der Waals surface area (Å²) in [5.74, 6) is 2.81. The molecule has 6 nitrogen and oxygen atoms in total. The molecule has 8 heteroatoms. The molecular weight excluding hydrogens is 523 g/mol. The second-order valence-electron chi connectivity index (χ2n) is 9.47. The minimum Gasteiger partial charge on any atom is -0.494 e. The van der Waals surface area contributed by atoms with Crippen molar-refractivity contribution in [3.8, 4) is 23.0 Å². The van der Waals surface area contributed by atoms with Gasteiger partial charge < -0.3 is 18.9 Å². The Kier molecular flexibility index (Phi) is 8.20. The molecule has 0 radical (unpaired) electrons. The van der Waals surface area contributed by atoms with Crippen LogP contribution in [0.2, 0.25) is 10.0 Å². The van der Waals surface area contributed by atoms with E-state index in [2.05, 4.69) is 6.92 Å². The normalized spacial score (nSPS) is 17.8. The van der Waals surface area contributed by atoms with Crippen LogP contribution in [0.5, 0.6) is 23.0 Å². The fourth-order valence-electron chi connectivity index (χ4n) is 4.97. The molecule has 0 bridgehead atoms. The summed E-state index contributed by atoms with van der Waals surface area (Å²) in [4.78, 5) is 0. The van der Waals surface area contributed by atoms with Crippen LogP contribution in [0.4, 0.5) is 0 Å². The average molecular weight is 556 g/mol. The topological polar surface area (TPSA) is 52.5 Å². The van der Waals surface area contributed by atoms with Gasteiger partial charge in [-0.2, -0.15) is 5.10 Å². The molecule has 38 heavy (non-hydrogen) atoms. The van der Waals surface area contributed by atoms with Gasteiger partial charge in [-0.15, -0.1) is 0 Å². The Bertz CT molecular complexity index is 1310. The summed E-state index contributed by atoms with van der Waals surface area (Å²) in [6, 6.07) is 17.4. The van der Waals surface area contributed by atoms with Gasteiger partial charge in [0.15, 0.2) is 11.5 Å². The molecule has 2 aliphatic heterocycles. The van der Waals surface area contributed by atoms with Crippen LogP contribution in [0.1, 0.15) is 68.0 Å². The molecule has 3 aromatic carbocycles. The van der Waals surface area contributed by atoms with E-state index in [4.69, 9.17) is 47.3 Å². The number of fused-ring (bicyclic) bond motifs is 3. The summed E-state index contributed by atoms with van der Waals surface area (Å²) in [5.41, 5.74) is 3.75. The van der Waals surface area contributed by atoms with Crippen molar-refractivity contribution >= 4 is 28.9 Å². The van der Waals surface area contributed by atoms with Gasteiger partial charge in [-0.25, -0.2) is 5.01 Å². The standard InChI is InChI=1S/C30H32Cl2N2O4/c1-4-5-6-7-14-37-22-11-8-19(9-12-22)30-34-26(23-16-21(31)17-24(32)29(23)38-30)18-25(33-34)20-10-13-27(35-2)28(15-20)36-3/h8-13,15-17,26,30H,4-7,14,18H2,1-3H3/t26-,30+/m0/s1. The van der Waals surface area contributed by atoms with Crippen LogP contribution in [0, 0.1) is 0 Å². The molecule has 0 saturated carbocycles. The molecule has 0 saturated heterocycles. The number of benzene rings is 3. The fraction of sp³-hybridized carbons (Fsp3) is 0.367. The molecule has 0 unspecified atom stereocenters. The van der Waals surface area contributed by atoms with E-state index in [0.29, 0.717) is 33.7 Å². The van der Waals surface area contributed by atoms with Crippen molar-refractivity contribution in [2.45, 2.75) is 51.3 Å². The maximum atomic E-state index is 6.62. The molecule has 0 N–H and O–H groups in total. The van der Waals surface area contributed by atoms with Crippen molar-refractivity contribution in [2.75, 3.05) is 20.8 Å². The number of methoxy groups -OCH3 is 2. The van der Waals surface area contributed by atoms with Gasteiger partial charge in [-0.05, 0) is 61.0 Å². The minimum absolute atomic E-state index is 0.0856. The fourth-order valence-corrected chi connectivity index (χ4v) is 5.53. The molecular formula is C30H32Cl2N2O4. The number of hydrazone groups is 1. The molecule has 5 rings (SSSR count). The third-order valence-electron chi connectivity index (χ3n) is 6.96. The molecule has 0 aromatic heterocycles. The number of ether oxygens (including phenoxy) is 4. The van der Waals surface area contributed by atoms with E-state index in [-0.39, 0.29) is 6.04 Å². The number of rotatable bonds is 10. The summed E-state index contributed by atoms with van der Waals surface area (Å²) in [6.07, 6.45) is 4.90. The lowest BCUT2D eigenvalue weighted by Gasteiger charge is -2.38. The van der Waals surface area contributed by atoms with Gasteiger partial charge in [0, 0.05) is 28.1 Å². The predicted octanol–water partition coefficient (Wildman–Crippen LogP) is 8.21. The zero-order chi connectivity index (χ0) is 26.6. The van der Waals surface area contributed by atoms with Crippen LogP contribution < -0.4 is 18.9 Å². The lowest BCUT2D eigenvalue weighted by Crippen LogP contribution is -2.33. The Morgan fingerprint density at radius 1 is 0.947 bits per heavy atom. The predicted molar refractivity (Wildman–Crippen MR) is 151 cm³/mol. The Morgan fingerprint density at radius 3 is 2.47 bits per heavy atom. The van der Waals surface area contributed by atoms with Gasteiger partial charge in [-0.3, -0.25) is 0 Å². The highest BCUT2D eigenvalue weighted by Crippen LogP contribution is 2.51. The van der Waals surface area contributed by atoms with Crippen LogP contribution in [-0.4, -0.2) is 31.5 Å². The molecule has 2 atom stereocenters. The van der Waals surface area contributed by atoms with E-state index in [1.807, 2.05) is 53.5 Å². The van der Waals surface area contributed by atoms with E-state index in [9.17, 15) is 0 Å². The second-order valence-corrected chi connectivity index (χ2v) is 10.3. The molecule has 0 amide bonds. The first-order valence-electron chi connectivity index (χ1n) is 13.0. The quantitative estimate of drug-likeness (QED) is 0.236. The Labute approximate surface area is 234 Å². The number of unbranched alkanes of at least 4 members (excludes halogenated alkanes) is 3. The monoisotopic (exact) mass is 554 g/mol. The van der Waals surface area contributed by atoms with Crippen molar-refractivity contribution in [1.82, 2.24) is 5.01 Å². The summed E-state index contributed by atoms with van der Waals surface area (Å²) in [7, 11) is 3.25. The highest BCUT2D eigenvalue weighted by atomic mass is 35.5. The number of nitrogens with zero attached hydrogens (tertiary/aromatic N) is 2. The van der Waals surface area contributed by atoms with Gasteiger partial charge in [0.2, 0.25) is 6.23 Å². The maximum Gasteiger partial charge on any atom is 0.213 e. The summed E-state index contributed by atoms with van der Waals surface area (Å²) in [6.45, 7) is 2.93. The van der Waals surface area contributed by atoms with Crippen molar-refractivity contribution in [3.05, 3.63) is 81.3 Å². The van der Waals surface area contributed by atoms with Crippen molar-refractivity contribution in [3.63, 3.8) is 0 Å². The summed E-state index contributed by atoms with van der Waals surface area (Å²) < 4.78 is 23.4. The van der Waals surface area contributed by atoms with E-state index >= 15 is 0 Å². The third-order valence-corrected chi connectivity index (χ3v) is 7.46. The smallest absolute Gasteiger partial charge is 0.213 e. The average Bonchev–Trinajstić information content (AvgIpc) is 3.38. The Morgan fingerprint density at radius 2 is 1.74 bits per heavy atom. The van der Waals surface area contributed by atoms with Crippen LogP contribution >= 0.6 is 23.2 Å². The summed E-state index contributed by atoms with van der Waals surface area (Å²) in [5, 5.41) is 8.10. The first-order valence-corrected chi connectivity index (χ1v) is 13.7. The zero-order valence-corrected chi connectivity index (χ0v) is 23.4. The Hall–Kier alpha value is -3.09. The SMILES string of the molecule is CCCCCCOc1ccc([C@H]2Oc3c(Cl)cc(Cl)cc3[C@@H]3CC(c4ccc(OC)c(OC)c4)=NN23)cc1. The maximum absolute atomic E-state index is 6.62. The van der Waals surface area contributed by atoms with Gasteiger partial charge >= 0.3 is 0 Å². The van der Waals surface area contributed by atoms with E-state index < -0.39 is 6.23 Å². The first-order chi connectivity index (χ1) is 18.5.